The lowest BCUT2D eigenvalue weighted by Crippen LogP contribution is -2.33. The fourth-order valence-corrected chi connectivity index (χ4v) is 3.24. The van der Waals surface area contributed by atoms with Gasteiger partial charge in [-0.25, -0.2) is 0 Å². The number of nitrogens with one attached hydrogen (secondary N) is 2. The van der Waals surface area contributed by atoms with E-state index in [1.54, 1.807) is 6.20 Å². The van der Waals surface area contributed by atoms with Gasteiger partial charge >= 0.3 is 0 Å². The number of benzene rings is 1. The highest BCUT2D eigenvalue weighted by atomic mass is 16.2. The van der Waals surface area contributed by atoms with Crippen LogP contribution in [-0.4, -0.2) is 16.1 Å². The zero-order chi connectivity index (χ0) is 14.7. The standard InChI is InChI=1S/C17H21N3O/c1-2-17(9-3-4-10-17)16(21)19-14-7-5-6-13(12-14)15-8-11-18-20-15/h5-8,11-12H,2-4,9-10H2,1H3,(H,18,20)(H,19,21). The molecule has 0 unspecified atom stereocenters. The summed E-state index contributed by atoms with van der Waals surface area (Å²) in [6, 6.07) is 9.82. The second-order valence-electron chi connectivity index (χ2n) is 5.85. The number of carbonyl (C=O) groups excluding carboxylic acids is 1. The van der Waals surface area contributed by atoms with Crippen LogP contribution in [0.1, 0.15) is 39.0 Å². The quantitative estimate of drug-likeness (QED) is 0.891. The molecule has 0 radical (unpaired) electrons. The number of hydrogen-bond acceptors (Lipinski definition) is 2. The van der Waals surface area contributed by atoms with Crippen LogP contribution in [0.3, 0.4) is 0 Å². The first-order valence-corrected chi connectivity index (χ1v) is 7.65. The number of H-pyrrole nitrogens is 1. The minimum absolute atomic E-state index is 0.163. The van der Waals surface area contributed by atoms with Crippen LogP contribution in [0.4, 0.5) is 5.69 Å². The van der Waals surface area contributed by atoms with Gasteiger partial charge in [0.25, 0.3) is 0 Å². The Hall–Kier alpha value is -2.10. The summed E-state index contributed by atoms with van der Waals surface area (Å²) in [5.74, 6) is 0.171. The maximum absolute atomic E-state index is 12.6. The zero-order valence-electron chi connectivity index (χ0n) is 12.4. The average Bonchev–Trinajstić information content (AvgIpc) is 3.20. The van der Waals surface area contributed by atoms with Gasteiger partial charge in [-0.05, 0) is 37.5 Å². The first-order valence-electron chi connectivity index (χ1n) is 7.65. The van der Waals surface area contributed by atoms with E-state index in [1.807, 2.05) is 30.3 Å². The van der Waals surface area contributed by atoms with E-state index in [0.717, 1.165) is 49.0 Å². The normalized spacial score (nSPS) is 16.8. The lowest BCUT2D eigenvalue weighted by atomic mass is 9.82. The molecule has 0 aliphatic heterocycles. The number of aromatic nitrogens is 2. The number of aromatic amines is 1. The first-order chi connectivity index (χ1) is 10.2. The van der Waals surface area contributed by atoms with E-state index in [-0.39, 0.29) is 11.3 Å². The zero-order valence-corrected chi connectivity index (χ0v) is 12.4. The Morgan fingerprint density at radius 3 is 2.81 bits per heavy atom. The van der Waals surface area contributed by atoms with Gasteiger partial charge in [0, 0.05) is 22.9 Å². The monoisotopic (exact) mass is 283 g/mol. The van der Waals surface area contributed by atoms with Crippen LogP contribution in [0.5, 0.6) is 0 Å². The molecule has 1 heterocycles. The van der Waals surface area contributed by atoms with Gasteiger partial charge in [0.2, 0.25) is 5.91 Å². The summed E-state index contributed by atoms with van der Waals surface area (Å²) >= 11 is 0. The second kappa shape index (κ2) is 5.72. The molecule has 4 heteroatoms. The number of hydrogen-bond donors (Lipinski definition) is 2. The molecule has 1 aliphatic rings. The summed E-state index contributed by atoms with van der Waals surface area (Å²) in [7, 11) is 0. The van der Waals surface area contributed by atoms with Crippen molar-refractivity contribution in [1.29, 1.82) is 0 Å². The van der Waals surface area contributed by atoms with Crippen LogP contribution in [-0.2, 0) is 4.79 Å². The Balaban J connectivity index is 1.79. The van der Waals surface area contributed by atoms with Crippen LogP contribution >= 0.6 is 0 Å². The molecule has 2 aromatic rings. The lowest BCUT2D eigenvalue weighted by Gasteiger charge is -2.26. The van der Waals surface area contributed by atoms with Crippen molar-refractivity contribution in [3.05, 3.63) is 36.5 Å². The third-order valence-electron chi connectivity index (χ3n) is 4.65. The Morgan fingerprint density at radius 1 is 1.33 bits per heavy atom. The Bertz CT molecular complexity index is 613. The molecule has 1 fully saturated rings. The number of carbonyl (C=O) groups is 1. The molecule has 4 nitrogen and oxygen atoms in total. The van der Waals surface area contributed by atoms with Gasteiger partial charge in [-0.2, -0.15) is 5.10 Å². The van der Waals surface area contributed by atoms with Crippen LogP contribution in [0.2, 0.25) is 0 Å². The first kappa shape index (κ1) is 13.9. The summed E-state index contributed by atoms with van der Waals surface area (Å²) < 4.78 is 0. The molecule has 0 atom stereocenters. The summed E-state index contributed by atoms with van der Waals surface area (Å²) in [5, 5.41) is 10.0. The second-order valence-corrected chi connectivity index (χ2v) is 5.85. The molecule has 3 rings (SSSR count). The molecule has 0 spiro atoms. The van der Waals surface area contributed by atoms with Crippen LogP contribution in [0.25, 0.3) is 11.3 Å². The summed E-state index contributed by atoms with van der Waals surface area (Å²) in [6.07, 6.45) is 6.99. The fourth-order valence-electron chi connectivity index (χ4n) is 3.24. The predicted molar refractivity (Wildman–Crippen MR) is 83.8 cm³/mol. The largest absolute Gasteiger partial charge is 0.326 e. The maximum atomic E-state index is 12.6. The Kier molecular flexibility index (Phi) is 3.78. The molecular weight excluding hydrogens is 262 g/mol. The number of amides is 1. The highest BCUT2D eigenvalue weighted by molar-refractivity contribution is 5.96. The molecule has 0 bridgehead atoms. The molecule has 1 aromatic heterocycles. The van der Waals surface area contributed by atoms with Gasteiger partial charge in [0.1, 0.15) is 0 Å². The van der Waals surface area contributed by atoms with Crippen molar-refractivity contribution in [3.63, 3.8) is 0 Å². The number of nitrogens with zero attached hydrogens (tertiary/aromatic N) is 1. The smallest absolute Gasteiger partial charge is 0.230 e. The number of anilines is 1. The molecule has 1 saturated carbocycles. The van der Waals surface area contributed by atoms with Crippen LogP contribution in [0, 0.1) is 5.41 Å². The molecule has 1 amide bonds. The fraction of sp³-hybridized carbons (Fsp3) is 0.412. The third-order valence-corrected chi connectivity index (χ3v) is 4.65. The van der Waals surface area contributed by atoms with E-state index in [2.05, 4.69) is 22.4 Å². The molecule has 2 N–H and O–H groups in total. The van der Waals surface area contributed by atoms with E-state index >= 15 is 0 Å². The highest BCUT2D eigenvalue weighted by Gasteiger charge is 2.39. The van der Waals surface area contributed by atoms with Gasteiger partial charge in [-0.1, -0.05) is 31.9 Å². The average molecular weight is 283 g/mol. The maximum Gasteiger partial charge on any atom is 0.230 e. The van der Waals surface area contributed by atoms with Gasteiger partial charge in [0.05, 0.1) is 5.69 Å². The van der Waals surface area contributed by atoms with Gasteiger partial charge in [-0.3, -0.25) is 9.89 Å². The van der Waals surface area contributed by atoms with Crippen molar-refractivity contribution in [2.24, 2.45) is 5.41 Å². The lowest BCUT2D eigenvalue weighted by molar-refractivity contribution is -0.125. The Labute approximate surface area is 125 Å². The van der Waals surface area contributed by atoms with E-state index in [0.29, 0.717) is 0 Å². The van der Waals surface area contributed by atoms with Crippen LogP contribution < -0.4 is 5.32 Å². The molecule has 0 saturated heterocycles. The van der Waals surface area contributed by atoms with Crippen molar-refractivity contribution in [1.82, 2.24) is 10.2 Å². The molecule has 1 aliphatic carbocycles. The summed E-state index contributed by atoms with van der Waals surface area (Å²) in [5.41, 5.74) is 2.68. The Morgan fingerprint density at radius 2 is 2.14 bits per heavy atom. The van der Waals surface area contributed by atoms with Gasteiger partial charge < -0.3 is 5.32 Å². The summed E-state index contributed by atoms with van der Waals surface area (Å²) in [6.45, 7) is 2.12. The molecular formula is C17H21N3O. The topological polar surface area (TPSA) is 57.8 Å². The van der Waals surface area contributed by atoms with Crippen molar-refractivity contribution >= 4 is 11.6 Å². The highest BCUT2D eigenvalue weighted by Crippen LogP contribution is 2.41. The molecule has 110 valence electrons. The third kappa shape index (κ3) is 2.71. The van der Waals surface area contributed by atoms with Gasteiger partial charge in [0.15, 0.2) is 0 Å². The minimum atomic E-state index is -0.163. The SMILES string of the molecule is CCC1(C(=O)Nc2cccc(-c3ccn[nH]3)c2)CCCC1. The van der Waals surface area contributed by atoms with Crippen molar-refractivity contribution in [3.8, 4) is 11.3 Å². The van der Waals surface area contributed by atoms with Crippen molar-refractivity contribution in [2.75, 3.05) is 5.32 Å². The van der Waals surface area contributed by atoms with E-state index in [1.165, 1.54) is 0 Å². The van der Waals surface area contributed by atoms with Crippen molar-refractivity contribution < 1.29 is 4.79 Å². The van der Waals surface area contributed by atoms with Crippen LogP contribution in [0.15, 0.2) is 36.5 Å². The predicted octanol–water partition coefficient (Wildman–Crippen LogP) is 3.99. The molecule has 1 aromatic carbocycles. The summed E-state index contributed by atoms with van der Waals surface area (Å²) in [4.78, 5) is 12.6. The molecule has 21 heavy (non-hydrogen) atoms. The van der Waals surface area contributed by atoms with Gasteiger partial charge in [-0.15, -0.1) is 0 Å². The van der Waals surface area contributed by atoms with E-state index in [4.69, 9.17) is 0 Å². The van der Waals surface area contributed by atoms with Crippen molar-refractivity contribution in [2.45, 2.75) is 39.0 Å². The van der Waals surface area contributed by atoms with E-state index < -0.39 is 0 Å². The van der Waals surface area contributed by atoms with E-state index in [9.17, 15) is 4.79 Å². The minimum Gasteiger partial charge on any atom is -0.326 e. The number of rotatable bonds is 4.